The van der Waals surface area contributed by atoms with E-state index in [2.05, 4.69) is 20.6 Å². The van der Waals surface area contributed by atoms with E-state index in [1.54, 1.807) is 4.90 Å². The molecule has 3 rings (SSSR count). The molecule has 150 valence electrons. The zero-order chi connectivity index (χ0) is 18.0. The molecule has 3 heterocycles. The Morgan fingerprint density at radius 2 is 2.07 bits per heavy atom. The summed E-state index contributed by atoms with van der Waals surface area (Å²) in [5, 5.41) is 10.7. The number of amides is 1. The lowest BCUT2D eigenvalue weighted by atomic mass is 10.1. The van der Waals surface area contributed by atoms with Gasteiger partial charge in [0.25, 0.3) is 5.91 Å². The van der Waals surface area contributed by atoms with Crippen LogP contribution in [0.3, 0.4) is 0 Å². The molecule has 1 N–H and O–H groups in total. The Kier molecular flexibility index (Phi) is 8.00. The third kappa shape index (κ3) is 5.30. The van der Waals surface area contributed by atoms with Crippen LogP contribution in [0, 0.1) is 5.92 Å². The van der Waals surface area contributed by atoms with E-state index in [1.807, 2.05) is 7.05 Å². The van der Waals surface area contributed by atoms with E-state index in [4.69, 9.17) is 0 Å². The monoisotopic (exact) mass is 426 g/mol. The van der Waals surface area contributed by atoms with Gasteiger partial charge < -0.3 is 10.2 Å². The smallest absolute Gasteiger partial charge is 0.337 e. The number of aromatic nitrogens is 4. The molecule has 12 heteroatoms. The van der Waals surface area contributed by atoms with Crippen LogP contribution in [-0.2, 0) is 6.18 Å². The van der Waals surface area contributed by atoms with Crippen molar-refractivity contribution in [2.45, 2.75) is 12.6 Å². The maximum Gasteiger partial charge on any atom is 0.417 e. The second kappa shape index (κ2) is 9.34. The van der Waals surface area contributed by atoms with E-state index in [-0.39, 0.29) is 42.2 Å². The minimum atomic E-state index is -4.45. The number of rotatable bonds is 4. The number of likely N-dealkylation sites (tertiary alicyclic amines) is 1. The van der Waals surface area contributed by atoms with E-state index >= 15 is 0 Å². The van der Waals surface area contributed by atoms with Crippen LogP contribution >= 0.6 is 24.8 Å². The topological polar surface area (TPSA) is 75.9 Å². The summed E-state index contributed by atoms with van der Waals surface area (Å²) in [6.45, 7) is 2.13. The standard InChI is InChI=1S/C15H17F3N6O.2ClH/c1-19-6-10-4-5-23(8-10)14(25)12-9-24(22-21-12)13-3-2-11(7-20-13)15(16,17)18;;/h2-3,7,9-10,19H,4-6,8H2,1H3;2*1H. The first-order valence-corrected chi connectivity index (χ1v) is 7.78. The summed E-state index contributed by atoms with van der Waals surface area (Å²) >= 11 is 0. The van der Waals surface area contributed by atoms with Gasteiger partial charge in [-0.3, -0.25) is 4.79 Å². The number of alkyl halides is 3. The Bertz CT molecular complexity index is 753. The molecule has 1 aliphatic rings. The van der Waals surface area contributed by atoms with Gasteiger partial charge >= 0.3 is 6.18 Å². The van der Waals surface area contributed by atoms with E-state index in [9.17, 15) is 18.0 Å². The number of pyridine rings is 1. The first-order valence-electron chi connectivity index (χ1n) is 7.78. The summed E-state index contributed by atoms with van der Waals surface area (Å²) in [7, 11) is 1.87. The van der Waals surface area contributed by atoms with E-state index < -0.39 is 11.7 Å². The third-order valence-corrected chi connectivity index (χ3v) is 4.09. The zero-order valence-corrected chi connectivity index (χ0v) is 15.9. The van der Waals surface area contributed by atoms with Crippen LogP contribution in [0.25, 0.3) is 5.82 Å². The van der Waals surface area contributed by atoms with Crippen LogP contribution in [0.4, 0.5) is 13.2 Å². The lowest BCUT2D eigenvalue weighted by molar-refractivity contribution is -0.137. The molecule has 0 saturated carbocycles. The molecule has 0 aliphatic carbocycles. The van der Waals surface area contributed by atoms with Gasteiger partial charge in [-0.05, 0) is 38.1 Å². The van der Waals surface area contributed by atoms with Crippen LogP contribution in [0.2, 0.25) is 0 Å². The molecule has 7 nitrogen and oxygen atoms in total. The molecule has 1 atom stereocenters. The predicted octanol–water partition coefficient (Wildman–Crippen LogP) is 2.21. The molecule has 1 aliphatic heterocycles. The van der Waals surface area contributed by atoms with Gasteiger partial charge in [0, 0.05) is 19.3 Å². The van der Waals surface area contributed by atoms with E-state index in [1.165, 1.54) is 16.9 Å². The molecular weight excluding hydrogens is 408 g/mol. The average molecular weight is 427 g/mol. The highest BCUT2D eigenvalue weighted by Crippen LogP contribution is 2.28. The summed E-state index contributed by atoms with van der Waals surface area (Å²) < 4.78 is 38.9. The largest absolute Gasteiger partial charge is 0.417 e. The van der Waals surface area contributed by atoms with Crippen molar-refractivity contribution in [3.63, 3.8) is 0 Å². The molecule has 0 aromatic carbocycles. The van der Waals surface area contributed by atoms with Crippen LogP contribution in [0.1, 0.15) is 22.5 Å². The van der Waals surface area contributed by atoms with Crippen molar-refractivity contribution < 1.29 is 18.0 Å². The van der Waals surface area contributed by atoms with Crippen molar-refractivity contribution in [2.75, 3.05) is 26.7 Å². The van der Waals surface area contributed by atoms with Gasteiger partial charge in [0.05, 0.1) is 11.8 Å². The van der Waals surface area contributed by atoms with Gasteiger partial charge in [0.2, 0.25) is 0 Å². The van der Waals surface area contributed by atoms with Crippen LogP contribution < -0.4 is 5.32 Å². The minimum absolute atomic E-state index is 0. The summed E-state index contributed by atoms with van der Waals surface area (Å²) in [4.78, 5) is 17.9. The SMILES string of the molecule is CNCC1CCN(C(=O)c2cn(-c3ccc(C(F)(F)F)cn3)nn2)C1.Cl.Cl. The predicted molar refractivity (Wildman–Crippen MR) is 96.6 cm³/mol. The normalized spacial score (nSPS) is 16.6. The number of hydrogen-bond donors (Lipinski definition) is 1. The van der Waals surface area contributed by atoms with Crippen molar-refractivity contribution in [3.8, 4) is 5.82 Å². The molecule has 0 radical (unpaired) electrons. The van der Waals surface area contributed by atoms with Crippen LogP contribution in [0.5, 0.6) is 0 Å². The Hall–Kier alpha value is -1.91. The van der Waals surface area contributed by atoms with Gasteiger partial charge in [-0.2, -0.15) is 13.2 Å². The Morgan fingerprint density at radius 1 is 1.33 bits per heavy atom. The number of carbonyl (C=O) groups is 1. The van der Waals surface area contributed by atoms with Crippen LogP contribution in [0.15, 0.2) is 24.5 Å². The van der Waals surface area contributed by atoms with E-state index in [0.717, 1.165) is 25.2 Å². The Morgan fingerprint density at radius 3 is 2.67 bits per heavy atom. The lowest BCUT2D eigenvalue weighted by Gasteiger charge is -2.14. The molecule has 2 aromatic heterocycles. The molecule has 1 saturated heterocycles. The number of carbonyl (C=O) groups excluding carboxylic acids is 1. The molecule has 2 aromatic rings. The fourth-order valence-electron chi connectivity index (χ4n) is 2.80. The number of nitrogens with one attached hydrogen (secondary N) is 1. The summed E-state index contributed by atoms with van der Waals surface area (Å²) in [6, 6.07) is 2.10. The fraction of sp³-hybridized carbons (Fsp3) is 0.467. The summed E-state index contributed by atoms with van der Waals surface area (Å²) in [5.41, 5.74) is -0.702. The van der Waals surface area contributed by atoms with Crippen molar-refractivity contribution >= 4 is 30.7 Å². The maximum atomic E-state index is 12.6. The molecule has 1 amide bonds. The average Bonchev–Trinajstić information content (AvgIpc) is 3.23. The molecule has 27 heavy (non-hydrogen) atoms. The van der Waals surface area contributed by atoms with Crippen molar-refractivity contribution in [3.05, 3.63) is 35.8 Å². The molecule has 1 unspecified atom stereocenters. The van der Waals surface area contributed by atoms with Crippen molar-refractivity contribution in [1.29, 1.82) is 0 Å². The maximum absolute atomic E-state index is 12.6. The molecule has 1 fully saturated rings. The van der Waals surface area contributed by atoms with Gasteiger partial charge in [0.15, 0.2) is 11.5 Å². The number of halogens is 5. The second-order valence-corrected chi connectivity index (χ2v) is 5.91. The number of hydrogen-bond acceptors (Lipinski definition) is 5. The highest BCUT2D eigenvalue weighted by atomic mass is 35.5. The lowest BCUT2D eigenvalue weighted by Crippen LogP contribution is -2.30. The van der Waals surface area contributed by atoms with Gasteiger partial charge in [-0.25, -0.2) is 9.67 Å². The third-order valence-electron chi connectivity index (χ3n) is 4.09. The molecule has 0 spiro atoms. The summed E-state index contributed by atoms with van der Waals surface area (Å²) in [6.07, 6.45) is -1.43. The zero-order valence-electron chi connectivity index (χ0n) is 14.3. The molecular formula is C15H19Cl2F3N6O. The first-order chi connectivity index (χ1) is 11.9. The van der Waals surface area contributed by atoms with Gasteiger partial charge in [-0.15, -0.1) is 29.9 Å². The van der Waals surface area contributed by atoms with E-state index in [0.29, 0.717) is 19.0 Å². The Balaban J connectivity index is 0.00000182. The van der Waals surface area contributed by atoms with Crippen LogP contribution in [-0.4, -0.2) is 57.5 Å². The minimum Gasteiger partial charge on any atom is -0.337 e. The fourth-order valence-corrected chi connectivity index (χ4v) is 2.80. The van der Waals surface area contributed by atoms with Crippen molar-refractivity contribution in [1.82, 2.24) is 30.2 Å². The highest BCUT2D eigenvalue weighted by Gasteiger charge is 2.31. The Labute approximate surface area is 166 Å². The quantitative estimate of drug-likeness (QED) is 0.810. The summed E-state index contributed by atoms with van der Waals surface area (Å²) in [5.74, 6) is 0.325. The number of nitrogens with zero attached hydrogens (tertiary/aromatic N) is 5. The highest BCUT2D eigenvalue weighted by molar-refractivity contribution is 5.92. The van der Waals surface area contributed by atoms with Gasteiger partial charge in [-0.1, -0.05) is 5.21 Å². The van der Waals surface area contributed by atoms with Gasteiger partial charge in [0.1, 0.15) is 0 Å². The first kappa shape index (κ1) is 23.1. The van der Waals surface area contributed by atoms with Crippen molar-refractivity contribution in [2.24, 2.45) is 5.92 Å². The second-order valence-electron chi connectivity index (χ2n) is 5.91. The molecule has 0 bridgehead atoms.